The smallest absolute Gasteiger partial charge is 0.433 e. The first-order chi connectivity index (χ1) is 9.31. The second-order valence-corrected chi connectivity index (χ2v) is 4.20. The number of benzene rings is 1. The number of halogens is 3. The average Bonchev–Trinajstić information content (AvgIpc) is 2.37. The third kappa shape index (κ3) is 2.81. The van der Waals surface area contributed by atoms with E-state index < -0.39 is 17.8 Å². The van der Waals surface area contributed by atoms with Gasteiger partial charge in [-0.3, -0.25) is 0 Å². The van der Waals surface area contributed by atoms with Crippen LogP contribution in [0.2, 0.25) is 0 Å². The lowest BCUT2D eigenvalue weighted by molar-refractivity contribution is -0.141. The molecular weight excluding hydrogens is 271 g/mol. The minimum Gasteiger partial charge on any atom is -0.496 e. The summed E-state index contributed by atoms with van der Waals surface area (Å²) in [5, 5.41) is 0. The first-order valence-corrected chi connectivity index (χ1v) is 5.68. The van der Waals surface area contributed by atoms with E-state index in [2.05, 4.69) is 9.97 Å². The van der Waals surface area contributed by atoms with Crippen LogP contribution in [-0.2, 0) is 6.18 Å². The molecule has 2 rings (SSSR count). The molecule has 0 saturated heterocycles. The summed E-state index contributed by atoms with van der Waals surface area (Å²) < 4.78 is 43.4. The summed E-state index contributed by atoms with van der Waals surface area (Å²) in [6.07, 6.45) is -4.58. The van der Waals surface area contributed by atoms with Crippen LogP contribution < -0.4 is 10.5 Å². The average molecular weight is 283 g/mol. The first-order valence-electron chi connectivity index (χ1n) is 5.68. The molecule has 0 bridgehead atoms. The highest BCUT2D eigenvalue weighted by atomic mass is 19.4. The zero-order chi connectivity index (χ0) is 14.9. The Bertz CT molecular complexity index is 641. The Labute approximate surface area is 113 Å². The molecule has 0 aliphatic heterocycles. The van der Waals surface area contributed by atoms with Crippen molar-refractivity contribution in [1.29, 1.82) is 0 Å². The molecule has 0 fully saturated rings. The summed E-state index contributed by atoms with van der Waals surface area (Å²) in [5.41, 5.74) is 5.66. The number of ether oxygens (including phenoxy) is 1. The zero-order valence-corrected chi connectivity index (χ0v) is 10.8. The van der Waals surface area contributed by atoms with E-state index in [-0.39, 0.29) is 5.69 Å². The van der Waals surface area contributed by atoms with Gasteiger partial charge in [-0.2, -0.15) is 13.2 Å². The van der Waals surface area contributed by atoms with Crippen LogP contribution in [-0.4, -0.2) is 17.1 Å². The van der Waals surface area contributed by atoms with Crippen molar-refractivity contribution in [1.82, 2.24) is 9.97 Å². The van der Waals surface area contributed by atoms with Gasteiger partial charge in [-0.05, 0) is 25.1 Å². The van der Waals surface area contributed by atoms with Gasteiger partial charge in [-0.15, -0.1) is 0 Å². The van der Waals surface area contributed by atoms with Gasteiger partial charge in [0.25, 0.3) is 0 Å². The van der Waals surface area contributed by atoms with Gasteiger partial charge in [-0.25, -0.2) is 9.97 Å². The molecule has 0 radical (unpaired) electrons. The number of nitrogens with zero attached hydrogens (tertiary/aromatic N) is 2. The molecule has 1 heterocycles. The second kappa shape index (κ2) is 4.99. The van der Waals surface area contributed by atoms with Gasteiger partial charge in [0.1, 0.15) is 5.75 Å². The van der Waals surface area contributed by atoms with Crippen LogP contribution in [0.5, 0.6) is 5.75 Å². The lowest BCUT2D eigenvalue weighted by Gasteiger charge is -2.12. The molecule has 2 N–H and O–H groups in total. The van der Waals surface area contributed by atoms with Gasteiger partial charge in [0.05, 0.1) is 12.8 Å². The number of rotatable bonds is 2. The van der Waals surface area contributed by atoms with Crippen LogP contribution in [0.15, 0.2) is 24.3 Å². The van der Waals surface area contributed by atoms with Gasteiger partial charge < -0.3 is 10.5 Å². The summed E-state index contributed by atoms with van der Waals surface area (Å²) >= 11 is 0. The van der Waals surface area contributed by atoms with Crippen LogP contribution >= 0.6 is 0 Å². The maximum atomic E-state index is 12.7. The topological polar surface area (TPSA) is 61.0 Å². The van der Waals surface area contributed by atoms with E-state index in [0.717, 1.165) is 11.6 Å². The number of alkyl halides is 3. The van der Waals surface area contributed by atoms with E-state index in [9.17, 15) is 13.2 Å². The molecule has 0 amide bonds. The predicted molar refractivity (Wildman–Crippen MR) is 68.2 cm³/mol. The number of aryl methyl sites for hydroxylation is 1. The summed E-state index contributed by atoms with van der Waals surface area (Å²) in [5.74, 6) is -0.0137. The zero-order valence-electron chi connectivity index (χ0n) is 10.8. The number of methoxy groups -OCH3 is 1. The van der Waals surface area contributed by atoms with E-state index >= 15 is 0 Å². The third-order valence-corrected chi connectivity index (χ3v) is 2.66. The van der Waals surface area contributed by atoms with Crippen LogP contribution in [0.3, 0.4) is 0 Å². The molecule has 0 saturated carbocycles. The maximum Gasteiger partial charge on any atom is 0.433 e. The summed E-state index contributed by atoms with van der Waals surface area (Å²) in [6.45, 7) is 1.82. The van der Waals surface area contributed by atoms with Crippen molar-refractivity contribution in [3.8, 4) is 17.0 Å². The minimum atomic E-state index is -4.58. The molecule has 7 heteroatoms. The summed E-state index contributed by atoms with van der Waals surface area (Å²) in [6, 6.07) is 5.99. The molecule has 0 aliphatic rings. The number of aromatic nitrogens is 2. The third-order valence-electron chi connectivity index (χ3n) is 2.66. The monoisotopic (exact) mass is 283 g/mol. The largest absolute Gasteiger partial charge is 0.496 e. The van der Waals surface area contributed by atoms with E-state index in [4.69, 9.17) is 10.5 Å². The van der Waals surface area contributed by atoms with E-state index in [1.165, 1.54) is 7.11 Å². The molecule has 106 valence electrons. The van der Waals surface area contributed by atoms with Crippen molar-refractivity contribution in [3.63, 3.8) is 0 Å². The number of nitrogen functional groups attached to an aromatic ring is 1. The van der Waals surface area contributed by atoms with Gasteiger partial charge in [0.2, 0.25) is 5.95 Å². The highest BCUT2D eigenvalue weighted by molar-refractivity contribution is 5.69. The lowest BCUT2D eigenvalue weighted by atomic mass is 10.1. The Morgan fingerprint density at radius 1 is 1.15 bits per heavy atom. The Hall–Kier alpha value is -2.31. The van der Waals surface area contributed by atoms with Gasteiger partial charge in [0.15, 0.2) is 5.69 Å². The highest BCUT2D eigenvalue weighted by Gasteiger charge is 2.33. The van der Waals surface area contributed by atoms with E-state index in [0.29, 0.717) is 11.3 Å². The van der Waals surface area contributed by atoms with Crippen molar-refractivity contribution < 1.29 is 17.9 Å². The van der Waals surface area contributed by atoms with Gasteiger partial charge in [-0.1, -0.05) is 11.6 Å². The van der Waals surface area contributed by atoms with E-state index in [1.807, 2.05) is 6.92 Å². The lowest BCUT2D eigenvalue weighted by Crippen LogP contribution is -2.11. The van der Waals surface area contributed by atoms with Crippen molar-refractivity contribution in [2.45, 2.75) is 13.1 Å². The molecule has 4 nitrogen and oxygen atoms in total. The first kappa shape index (κ1) is 14.1. The molecule has 0 atom stereocenters. The summed E-state index contributed by atoms with van der Waals surface area (Å²) in [7, 11) is 1.43. The number of anilines is 1. The maximum absolute atomic E-state index is 12.7. The fraction of sp³-hybridized carbons (Fsp3) is 0.231. The Kier molecular flexibility index (Phi) is 3.52. The standard InChI is InChI=1S/C13H12F3N3O/c1-7-3-4-10(20-2)8(5-7)9-6-11(13(14,15)16)19-12(17)18-9/h3-6H,1-2H3,(H2,17,18,19). The molecule has 2 aromatic rings. The number of hydrogen-bond acceptors (Lipinski definition) is 4. The molecule has 0 aliphatic carbocycles. The Morgan fingerprint density at radius 2 is 1.85 bits per heavy atom. The molecule has 20 heavy (non-hydrogen) atoms. The van der Waals surface area contributed by atoms with Crippen LogP contribution in [0.4, 0.5) is 19.1 Å². The van der Waals surface area contributed by atoms with Crippen molar-refractivity contribution in [2.75, 3.05) is 12.8 Å². The highest BCUT2D eigenvalue weighted by Crippen LogP contribution is 2.34. The van der Waals surface area contributed by atoms with Crippen molar-refractivity contribution in [3.05, 3.63) is 35.5 Å². The summed E-state index contributed by atoms with van der Waals surface area (Å²) in [4.78, 5) is 7.06. The number of hydrogen-bond donors (Lipinski definition) is 1. The van der Waals surface area contributed by atoms with Crippen LogP contribution in [0.1, 0.15) is 11.3 Å². The van der Waals surface area contributed by atoms with Gasteiger partial charge >= 0.3 is 6.18 Å². The minimum absolute atomic E-state index is 0.0744. The molecular formula is C13H12F3N3O. The fourth-order valence-corrected chi connectivity index (χ4v) is 1.77. The molecule has 0 unspecified atom stereocenters. The van der Waals surface area contributed by atoms with Crippen molar-refractivity contribution >= 4 is 5.95 Å². The fourth-order valence-electron chi connectivity index (χ4n) is 1.77. The van der Waals surface area contributed by atoms with Crippen LogP contribution in [0.25, 0.3) is 11.3 Å². The van der Waals surface area contributed by atoms with Crippen molar-refractivity contribution in [2.24, 2.45) is 0 Å². The normalized spacial score (nSPS) is 11.4. The Morgan fingerprint density at radius 3 is 2.45 bits per heavy atom. The van der Waals surface area contributed by atoms with Crippen LogP contribution in [0, 0.1) is 6.92 Å². The van der Waals surface area contributed by atoms with Gasteiger partial charge in [0, 0.05) is 5.56 Å². The molecule has 0 spiro atoms. The predicted octanol–water partition coefficient (Wildman–Crippen LogP) is 3.06. The quantitative estimate of drug-likeness (QED) is 0.920. The number of nitrogens with two attached hydrogens (primary N) is 1. The Balaban J connectivity index is 2.64. The second-order valence-electron chi connectivity index (χ2n) is 4.20. The molecule has 1 aromatic carbocycles. The molecule has 1 aromatic heterocycles. The SMILES string of the molecule is COc1ccc(C)cc1-c1cc(C(F)(F)F)nc(N)n1. The van der Waals surface area contributed by atoms with E-state index in [1.54, 1.807) is 18.2 Å².